The van der Waals surface area contributed by atoms with E-state index in [0.29, 0.717) is 48.2 Å². The van der Waals surface area contributed by atoms with Gasteiger partial charge in [-0.25, -0.2) is 4.79 Å². The summed E-state index contributed by atoms with van der Waals surface area (Å²) >= 11 is 12.1. The van der Waals surface area contributed by atoms with Gasteiger partial charge < -0.3 is 29.8 Å². The second-order valence-electron chi connectivity index (χ2n) is 10.8. The standard InChI is InChI=1S/C31H37Cl2N3O6/c32-24-8-4-7-22(15-24)20-42-31(40)35-27(16-21-5-2-1-3-6-21)30(39)34-26(19-37)10-12-29(38)36-13-14-41-28-11-9-25(33)17-23(28)18-36/h4,7-9,11,15,17,19,21,26-27H,1-3,5-6,10,12-14,16,18,20H2,(H,34,39)(H,35,40)/t26-,27-/m0/s1. The highest BCUT2D eigenvalue weighted by Crippen LogP contribution is 2.28. The van der Waals surface area contributed by atoms with Crippen molar-refractivity contribution >= 4 is 47.4 Å². The van der Waals surface area contributed by atoms with Crippen molar-refractivity contribution < 1.29 is 28.7 Å². The summed E-state index contributed by atoms with van der Waals surface area (Å²) < 4.78 is 11.1. The van der Waals surface area contributed by atoms with Crippen molar-refractivity contribution in [1.29, 1.82) is 0 Å². The van der Waals surface area contributed by atoms with Gasteiger partial charge in [0, 0.05) is 28.6 Å². The lowest BCUT2D eigenvalue weighted by Gasteiger charge is -2.27. The van der Waals surface area contributed by atoms with Gasteiger partial charge in [-0.1, -0.05) is 67.4 Å². The van der Waals surface area contributed by atoms with Gasteiger partial charge in [-0.15, -0.1) is 0 Å². The Morgan fingerprint density at radius 3 is 2.60 bits per heavy atom. The Labute approximate surface area is 256 Å². The molecule has 2 aromatic carbocycles. The zero-order chi connectivity index (χ0) is 29.9. The largest absolute Gasteiger partial charge is 0.491 e. The van der Waals surface area contributed by atoms with E-state index in [4.69, 9.17) is 32.7 Å². The number of amides is 3. The molecule has 0 radical (unpaired) electrons. The molecule has 1 fully saturated rings. The molecule has 0 unspecified atom stereocenters. The summed E-state index contributed by atoms with van der Waals surface area (Å²) in [5, 5.41) is 6.51. The van der Waals surface area contributed by atoms with Crippen LogP contribution in [0.3, 0.4) is 0 Å². The molecule has 0 spiro atoms. The number of nitrogens with one attached hydrogen (secondary N) is 2. The maximum Gasteiger partial charge on any atom is 0.408 e. The van der Waals surface area contributed by atoms with E-state index in [1.54, 1.807) is 47.4 Å². The van der Waals surface area contributed by atoms with Crippen molar-refractivity contribution in [3.8, 4) is 5.75 Å². The number of alkyl carbamates (subject to hydrolysis) is 1. The molecule has 2 N–H and O–H groups in total. The molecule has 226 valence electrons. The normalized spacial score (nSPS) is 16.7. The second kappa shape index (κ2) is 15.8. The fraction of sp³-hybridized carbons (Fsp3) is 0.484. The fourth-order valence-electron chi connectivity index (χ4n) is 5.42. The van der Waals surface area contributed by atoms with E-state index < -0.39 is 24.1 Å². The van der Waals surface area contributed by atoms with Crippen LogP contribution in [-0.4, -0.2) is 54.3 Å². The average molecular weight is 619 g/mol. The molecule has 1 aliphatic heterocycles. The Bertz CT molecular complexity index is 1250. The minimum Gasteiger partial charge on any atom is -0.491 e. The van der Waals surface area contributed by atoms with Gasteiger partial charge in [0.05, 0.1) is 12.6 Å². The molecule has 2 aromatic rings. The number of fused-ring (bicyclic) bond motifs is 1. The molecule has 0 aromatic heterocycles. The van der Waals surface area contributed by atoms with Crippen LogP contribution in [0.25, 0.3) is 0 Å². The summed E-state index contributed by atoms with van der Waals surface area (Å²) in [6.45, 7) is 1.09. The number of hydrogen-bond donors (Lipinski definition) is 2. The summed E-state index contributed by atoms with van der Waals surface area (Å²) in [6.07, 6.45) is 5.79. The monoisotopic (exact) mass is 617 g/mol. The first-order valence-corrected chi connectivity index (χ1v) is 15.2. The minimum atomic E-state index is -0.885. The van der Waals surface area contributed by atoms with Crippen molar-refractivity contribution in [1.82, 2.24) is 15.5 Å². The van der Waals surface area contributed by atoms with E-state index in [0.717, 1.165) is 43.2 Å². The van der Waals surface area contributed by atoms with Crippen LogP contribution in [0, 0.1) is 5.92 Å². The number of rotatable bonds is 11. The summed E-state index contributed by atoms with van der Waals surface area (Å²) in [4.78, 5) is 52.6. The fourth-order valence-corrected chi connectivity index (χ4v) is 5.83. The first-order valence-electron chi connectivity index (χ1n) is 14.4. The Kier molecular flexibility index (Phi) is 11.9. The number of benzene rings is 2. The molecular weight excluding hydrogens is 581 g/mol. The lowest BCUT2D eigenvalue weighted by atomic mass is 9.84. The first kappa shape index (κ1) is 31.6. The quantitative estimate of drug-likeness (QED) is 0.324. The number of carbonyl (C=O) groups is 4. The SMILES string of the molecule is O=C[C@H](CCC(=O)N1CCOc2ccc(Cl)cc2C1)NC(=O)[C@H](CC1CCCCC1)NC(=O)OCc1cccc(Cl)c1. The highest BCUT2D eigenvalue weighted by molar-refractivity contribution is 6.30. The summed E-state index contributed by atoms with van der Waals surface area (Å²) in [6, 6.07) is 10.5. The highest BCUT2D eigenvalue weighted by Gasteiger charge is 2.29. The lowest BCUT2D eigenvalue weighted by Crippen LogP contribution is -2.51. The number of aldehydes is 1. The molecule has 1 heterocycles. The summed E-state index contributed by atoms with van der Waals surface area (Å²) in [5.74, 6) is 0.335. The van der Waals surface area contributed by atoms with E-state index in [2.05, 4.69) is 10.6 Å². The molecule has 0 bridgehead atoms. The lowest BCUT2D eigenvalue weighted by molar-refractivity contribution is -0.132. The molecule has 4 rings (SSSR count). The van der Waals surface area contributed by atoms with Crippen LogP contribution in [0.4, 0.5) is 4.79 Å². The van der Waals surface area contributed by atoms with Crippen LogP contribution in [0.1, 0.15) is 62.5 Å². The first-order chi connectivity index (χ1) is 20.3. The number of nitrogens with zero attached hydrogens (tertiary/aromatic N) is 1. The highest BCUT2D eigenvalue weighted by atomic mass is 35.5. The van der Waals surface area contributed by atoms with Gasteiger partial charge in [-0.2, -0.15) is 0 Å². The number of ether oxygens (including phenoxy) is 2. The number of carbonyl (C=O) groups excluding carboxylic acids is 4. The Hall–Kier alpha value is -3.30. The van der Waals surface area contributed by atoms with Gasteiger partial charge in [0.1, 0.15) is 31.3 Å². The van der Waals surface area contributed by atoms with Gasteiger partial charge in [-0.05, 0) is 54.7 Å². The zero-order valence-corrected chi connectivity index (χ0v) is 25.0. The van der Waals surface area contributed by atoms with Gasteiger partial charge in [0.25, 0.3) is 0 Å². The third-order valence-corrected chi connectivity index (χ3v) is 8.15. The maximum absolute atomic E-state index is 13.3. The molecule has 11 heteroatoms. The minimum absolute atomic E-state index is 0.00144. The topological polar surface area (TPSA) is 114 Å². The van der Waals surface area contributed by atoms with Crippen LogP contribution >= 0.6 is 23.2 Å². The van der Waals surface area contributed by atoms with E-state index >= 15 is 0 Å². The molecule has 2 aliphatic rings. The van der Waals surface area contributed by atoms with E-state index in [9.17, 15) is 19.2 Å². The van der Waals surface area contributed by atoms with Crippen molar-refractivity contribution in [3.63, 3.8) is 0 Å². The van der Waals surface area contributed by atoms with Crippen LogP contribution in [-0.2, 0) is 32.3 Å². The van der Waals surface area contributed by atoms with Crippen molar-refractivity contribution in [2.45, 2.75) is 76.6 Å². The molecule has 0 saturated heterocycles. The van der Waals surface area contributed by atoms with Gasteiger partial charge in [-0.3, -0.25) is 9.59 Å². The predicted octanol–water partition coefficient (Wildman–Crippen LogP) is 5.44. The van der Waals surface area contributed by atoms with Gasteiger partial charge in [0.15, 0.2) is 0 Å². The van der Waals surface area contributed by atoms with Crippen molar-refractivity contribution in [2.24, 2.45) is 5.92 Å². The molecule has 1 aliphatic carbocycles. The van der Waals surface area contributed by atoms with Crippen LogP contribution in [0.15, 0.2) is 42.5 Å². The summed E-state index contributed by atoms with van der Waals surface area (Å²) in [5.41, 5.74) is 1.53. The second-order valence-corrected chi connectivity index (χ2v) is 11.7. The van der Waals surface area contributed by atoms with Crippen molar-refractivity contribution in [3.05, 3.63) is 63.6 Å². The number of hydrogen-bond acceptors (Lipinski definition) is 6. The third kappa shape index (κ3) is 9.63. The molecule has 2 atom stereocenters. The number of halogens is 2. The van der Waals surface area contributed by atoms with E-state index in [-0.39, 0.29) is 31.3 Å². The smallest absolute Gasteiger partial charge is 0.408 e. The van der Waals surface area contributed by atoms with E-state index in [1.165, 1.54) is 0 Å². The van der Waals surface area contributed by atoms with Crippen molar-refractivity contribution in [2.75, 3.05) is 13.2 Å². The van der Waals surface area contributed by atoms with Crippen LogP contribution < -0.4 is 15.4 Å². The summed E-state index contributed by atoms with van der Waals surface area (Å²) in [7, 11) is 0. The van der Waals surface area contributed by atoms with Gasteiger partial charge in [0.2, 0.25) is 11.8 Å². The third-order valence-electron chi connectivity index (χ3n) is 7.68. The van der Waals surface area contributed by atoms with Gasteiger partial charge >= 0.3 is 6.09 Å². The Morgan fingerprint density at radius 1 is 1.05 bits per heavy atom. The average Bonchev–Trinajstić information content (AvgIpc) is 3.20. The Balaban J connectivity index is 1.32. The molecular formula is C31H37Cl2N3O6. The molecule has 1 saturated carbocycles. The maximum atomic E-state index is 13.3. The van der Waals surface area contributed by atoms with Crippen LogP contribution in [0.2, 0.25) is 10.0 Å². The van der Waals surface area contributed by atoms with E-state index in [1.807, 2.05) is 0 Å². The predicted molar refractivity (Wildman–Crippen MR) is 159 cm³/mol. The molecule has 9 nitrogen and oxygen atoms in total. The molecule has 42 heavy (non-hydrogen) atoms. The van der Waals surface area contributed by atoms with Crippen LogP contribution in [0.5, 0.6) is 5.75 Å². The Morgan fingerprint density at radius 2 is 1.83 bits per heavy atom. The molecule has 3 amide bonds. The zero-order valence-electron chi connectivity index (χ0n) is 23.5.